The van der Waals surface area contributed by atoms with Crippen LogP contribution in [0.15, 0.2) is 24.3 Å². The molecule has 118 valence electrons. The van der Waals surface area contributed by atoms with Crippen molar-refractivity contribution in [2.45, 2.75) is 39.0 Å². The van der Waals surface area contributed by atoms with E-state index in [-0.39, 0.29) is 5.91 Å². The molecule has 0 unspecified atom stereocenters. The number of benzene rings is 1. The number of aryl methyl sites for hydroxylation is 1. The fourth-order valence-electron chi connectivity index (χ4n) is 3.67. The molecule has 4 nitrogen and oxygen atoms in total. The van der Waals surface area contributed by atoms with Crippen LogP contribution in [0.4, 0.5) is 0 Å². The van der Waals surface area contributed by atoms with Gasteiger partial charge >= 0.3 is 5.97 Å². The van der Waals surface area contributed by atoms with Gasteiger partial charge in [0.1, 0.15) is 0 Å². The van der Waals surface area contributed by atoms with Crippen molar-refractivity contribution in [2.24, 2.45) is 11.3 Å². The third-order valence-electron chi connectivity index (χ3n) is 5.25. The van der Waals surface area contributed by atoms with Crippen LogP contribution in [-0.4, -0.2) is 35.0 Å². The number of carboxylic acids is 1. The first kappa shape index (κ1) is 15.1. The average molecular weight is 301 g/mol. The van der Waals surface area contributed by atoms with Crippen LogP contribution < -0.4 is 0 Å². The van der Waals surface area contributed by atoms with Crippen molar-refractivity contribution in [3.63, 3.8) is 0 Å². The zero-order chi connectivity index (χ0) is 15.7. The molecule has 3 rings (SSSR count). The lowest BCUT2D eigenvalue weighted by molar-refractivity contribution is -0.147. The molecule has 0 radical (unpaired) electrons. The quantitative estimate of drug-likeness (QED) is 0.933. The highest BCUT2D eigenvalue weighted by Crippen LogP contribution is 2.32. The number of fused-ring (bicyclic) bond motifs is 1. The third-order valence-corrected chi connectivity index (χ3v) is 5.25. The lowest BCUT2D eigenvalue weighted by atomic mass is 9.82. The molecule has 4 heteroatoms. The molecule has 2 atom stereocenters. The Morgan fingerprint density at radius 2 is 2.05 bits per heavy atom. The standard InChI is InChI=1S/C18H23NO3/c1-18(17(21)22)8-9-19(12-18)16(20)11-13-6-7-14-4-2-3-5-15(14)10-13/h2-5,13H,6-12H2,1H3,(H,21,22)/t13-,18+/m0/s1. The summed E-state index contributed by atoms with van der Waals surface area (Å²) in [6, 6.07) is 8.46. The number of aliphatic carboxylic acids is 1. The summed E-state index contributed by atoms with van der Waals surface area (Å²) in [5.41, 5.74) is 2.00. The molecule has 1 aliphatic heterocycles. The Morgan fingerprint density at radius 1 is 1.32 bits per heavy atom. The number of nitrogens with zero attached hydrogens (tertiary/aromatic N) is 1. The maximum Gasteiger partial charge on any atom is 0.311 e. The number of rotatable bonds is 3. The smallest absolute Gasteiger partial charge is 0.311 e. The van der Waals surface area contributed by atoms with E-state index in [1.54, 1.807) is 11.8 Å². The van der Waals surface area contributed by atoms with Gasteiger partial charge in [0.2, 0.25) is 5.91 Å². The molecule has 1 amide bonds. The minimum Gasteiger partial charge on any atom is -0.481 e. The molecule has 0 saturated carbocycles. The Morgan fingerprint density at radius 3 is 2.73 bits per heavy atom. The Kier molecular flexibility index (Phi) is 3.94. The van der Waals surface area contributed by atoms with Gasteiger partial charge in [-0.05, 0) is 49.7 Å². The van der Waals surface area contributed by atoms with E-state index in [1.807, 2.05) is 0 Å². The van der Waals surface area contributed by atoms with E-state index < -0.39 is 11.4 Å². The summed E-state index contributed by atoms with van der Waals surface area (Å²) in [7, 11) is 0. The van der Waals surface area contributed by atoms with E-state index >= 15 is 0 Å². The van der Waals surface area contributed by atoms with E-state index in [2.05, 4.69) is 24.3 Å². The van der Waals surface area contributed by atoms with Crippen molar-refractivity contribution < 1.29 is 14.7 Å². The molecule has 0 spiro atoms. The number of hydrogen-bond donors (Lipinski definition) is 1. The molecular formula is C18H23NO3. The van der Waals surface area contributed by atoms with E-state index in [0.717, 1.165) is 19.3 Å². The van der Waals surface area contributed by atoms with E-state index in [1.165, 1.54) is 11.1 Å². The highest BCUT2D eigenvalue weighted by atomic mass is 16.4. The third kappa shape index (κ3) is 2.87. The Balaban J connectivity index is 1.59. The average Bonchev–Trinajstić information content (AvgIpc) is 2.91. The Hall–Kier alpha value is -1.84. The topological polar surface area (TPSA) is 57.6 Å². The summed E-state index contributed by atoms with van der Waals surface area (Å²) in [4.78, 5) is 25.5. The van der Waals surface area contributed by atoms with Gasteiger partial charge in [0, 0.05) is 19.5 Å². The predicted molar refractivity (Wildman–Crippen MR) is 83.5 cm³/mol. The Bertz CT molecular complexity index is 598. The fourth-order valence-corrected chi connectivity index (χ4v) is 3.67. The number of amides is 1. The first-order valence-corrected chi connectivity index (χ1v) is 8.06. The van der Waals surface area contributed by atoms with Crippen LogP contribution in [-0.2, 0) is 22.4 Å². The molecule has 1 aliphatic carbocycles. The molecule has 1 fully saturated rings. The molecule has 2 aliphatic rings. The summed E-state index contributed by atoms with van der Waals surface area (Å²) in [6.45, 7) is 2.66. The van der Waals surface area contributed by atoms with Crippen molar-refractivity contribution in [2.75, 3.05) is 13.1 Å². The van der Waals surface area contributed by atoms with Gasteiger partial charge < -0.3 is 10.0 Å². The first-order chi connectivity index (χ1) is 10.5. The largest absolute Gasteiger partial charge is 0.481 e. The van der Waals surface area contributed by atoms with Gasteiger partial charge in [0.05, 0.1) is 5.41 Å². The molecule has 0 aromatic heterocycles. The first-order valence-electron chi connectivity index (χ1n) is 8.06. The summed E-state index contributed by atoms with van der Waals surface area (Å²) in [5.74, 6) is -0.289. The zero-order valence-corrected chi connectivity index (χ0v) is 13.0. The second-order valence-corrected chi connectivity index (χ2v) is 7.01. The van der Waals surface area contributed by atoms with Gasteiger partial charge in [0.15, 0.2) is 0 Å². The second kappa shape index (κ2) is 5.75. The molecule has 1 heterocycles. The molecule has 1 aromatic rings. The second-order valence-electron chi connectivity index (χ2n) is 7.01. The number of carboxylic acid groups (broad SMARTS) is 1. The monoisotopic (exact) mass is 301 g/mol. The van der Waals surface area contributed by atoms with Gasteiger partial charge in [-0.2, -0.15) is 0 Å². The highest BCUT2D eigenvalue weighted by Gasteiger charge is 2.42. The van der Waals surface area contributed by atoms with Gasteiger partial charge in [0.25, 0.3) is 0 Å². The number of carbonyl (C=O) groups excluding carboxylic acids is 1. The van der Waals surface area contributed by atoms with Gasteiger partial charge in [-0.25, -0.2) is 0 Å². The fraction of sp³-hybridized carbons (Fsp3) is 0.556. The summed E-state index contributed by atoms with van der Waals surface area (Å²) >= 11 is 0. The van der Waals surface area contributed by atoms with Gasteiger partial charge in [-0.15, -0.1) is 0 Å². The lowest BCUT2D eigenvalue weighted by Crippen LogP contribution is -2.36. The molecular weight excluding hydrogens is 278 g/mol. The SMILES string of the molecule is C[C@@]1(C(=O)O)CCN(C(=O)C[C@H]2CCc3ccccc3C2)C1. The van der Waals surface area contributed by atoms with Crippen LogP contribution in [0.2, 0.25) is 0 Å². The van der Waals surface area contributed by atoms with Crippen LogP contribution in [0.25, 0.3) is 0 Å². The van der Waals surface area contributed by atoms with Crippen molar-refractivity contribution >= 4 is 11.9 Å². The van der Waals surface area contributed by atoms with E-state index in [4.69, 9.17) is 0 Å². The van der Waals surface area contributed by atoms with Gasteiger partial charge in [-0.1, -0.05) is 24.3 Å². The minimum atomic E-state index is -0.797. The van der Waals surface area contributed by atoms with Crippen LogP contribution in [0.3, 0.4) is 0 Å². The molecule has 1 aromatic carbocycles. The lowest BCUT2D eigenvalue weighted by Gasteiger charge is -2.26. The summed E-state index contributed by atoms with van der Waals surface area (Å²) in [5, 5.41) is 9.26. The normalized spacial score (nSPS) is 27.5. The van der Waals surface area contributed by atoms with Crippen LogP contribution in [0.5, 0.6) is 0 Å². The van der Waals surface area contributed by atoms with Crippen LogP contribution in [0, 0.1) is 11.3 Å². The number of carbonyl (C=O) groups is 2. The predicted octanol–water partition coefficient (Wildman–Crippen LogP) is 2.50. The number of likely N-dealkylation sites (tertiary alicyclic amines) is 1. The van der Waals surface area contributed by atoms with Crippen LogP contribution >= 0.6 is 0 Å². The summed E-state index contributed by atoms with van der Waals surface area (Å²) < 4.78 is 0. The zero-order valence-electron chi connectivity index (χ0n) is 13.0. The van der Waals surface area contributed by atoms with Crippen LogP contribution in [0.1, 0.15) is 37.3 Å². The molecule has 1 saturated heterocycles. The van der Waals surface area contributed by atoms with Gasteiger partial charge in [-0.3, -0.25) is 9.59 Å². The summed E-state index contributed by atoms with van der Waals surface area (Å²) in [6.07, 6.45) is 4.16. The highest BCUT2D eigenvalue weighted by molar-refractivity contribution is 5.80. The van der Waals surface area contributed by atoms with E-state index in [0.29, 0.717) is 31.8 Å². The van der Waals surface area contributed by atoms with Crippen molar-refractivity contribution in [3.8, 4) is 0 Å². The molecule has 0 bridgehead atoms. The molecule has 22 heavy (non-hydrogen) atoms. The van der Waals surface area contributed by atoms with Crippen molar-refractivity contribution in [1.82, 2.24) is 4.90 Å². The Labute approximate surface area is 131 Å². The van der Waals surface area contributed by atoms with Crippen molar-refractivity contribution in [1.29, 1.82) is 0 Å². The maximum atomic E-state index is 12.5. The van der Waals surface area contributed by atoms with Crippen molar-refractivity contribution in [3.05, 3.63) is 35.4 Å². The maximum absolute atomic E-state index is 12.5. The van der Waals surface area contributed by atoms with E-state index in [9.17, 15) is 14.7 Å². The molecule has 1 N–H and O–H groups in total. The minimum absolute atomic E-state index is 0.120. The number of hydrogen-bond acceptors (Lipinski definition) is 2.